The molecule has 0 saturated heterocycles. The number of nitrogens with one attached hydrogen (secondary N) is 2. The van der Waals surface area contributed by atoms with Gasteiger partial charge in [-0.25, -0.2) is 22.3 Å². The molecule has 7 nitrogen and oxygen atoms in total. The number of H-pyrrole nitrogens is 1. The first-order valence-corrected chi connectivity index (χ1v) is 8.37. The molecule has 0 aliphatic heterocycles. The fourth-order valence-corrected chi connectivity index (χ4v) is 3.04. The third kappa shape index (κ3) is 4.14. The summed E-state index contributed by atoms with van der Waals surface area (Å²) in [6, 6.07) is 6.10. The zero-order chi connectivity index (χ0) is 16.9. The van der Waals surface area contributed by atoms with Gasteiger partial charge < -0.3 is 4.74 Å². The molecule has 2 rings (SSSR count). The van der Waals surface area contributed by atoms with Gasteiger partial charge >= 0.3 is 5.97 Å². The molecule has 0 saturated carbocycles. The van der Waals surface area contributed by atoms with Gasteiger partial charge in [-0.3, -0.25) is 5.10 Å². The average Bonchev–Trinajstić information content (AvgIpc) is 3.00. The summed E-state index contributed by atoms with van der Waals surface area (Å²) in [5.74, 6) is -1.18. The fourth-order valence-electron chi connectivity index (χ4n) is 1.93. The molecule has 0 spiro atoms. The number of benzene rings is 1. The molecule has 0 aliphatic rings. The van der Waals surface area contributed by atoms with Crippen LogP contribution in [0.25, 0.3) is 0 Å². The maximum absolute atomic E-state index is 13.5. The highest BCUT2D eigenvalue weighted by Gasteiger charge is 2.25. The van der Waals surface area contributed by atoms with Crippen molar-refractivity contribution in [2.45, 2.75) is 18.4 Å². The molecule has 2 aromatic rings. The van der Waals surface area contributed by atoms with Gasteiger partial charge in [-0.15, -0.1) is 0 Å². The maximum atomic E-state index is 13.5. The second kappa shape index (κ2) is 7.34. The number of aromatic amines is 1. The lowest BCUT2D eigenvalue weighted by Gasteiger charge is -2.07. The molecular formula is C14H16FN3O4S. The van der Waals surface area contributed by atoms with Crippen LogP contribution in [0.1, 0.15) is 22.8 Å². The zero-order valence-electron chi connectivity index (χ0n) is 12.4. The molecule has 9 heteroatoms. The number of carbonyl (C=O) groups is 1. The SMILES string of the molecule is CCOC(=O)c1cn[nH]c1S(=O)(=O)NCCc1ccccc1F. The van der Waals surface area contributed by atoms with Crippen molar-refractivity contribution in [2.24, 2.45) is 0 Å². The Bertz CT molecular complexity index is 789. The third-order valence-corrected chi connectivity index (χ3v) is 4.45. The van der Waals surface area contributed by atoms with Gasteiger partial charge in [0.1, 0.15) is 11.4 Å². The Morgan fingerprint density at radius 1 is 1.39 bits per heavy atom. The van der Waals surface area contributed by atoms with Gasteiger partial charge in [0.05, 0.1) is 12.8 Å². The molecule has 1 heterocycles. The van der Waals surface area contributed by atoms with Crippen molar-refractivity contribution in [2.75, 3.05) is 13.2 Å². The van der Waals surface area contributed by atoms with Crippen LogP contribution in [0, 0.1) is 5.82 Å². The highest BCUT2D eigenvalue weighted by atomic mass is 32.2. The van der Waals surface area contributed by atoms with E-state index >= 15 is 0 Å². The van der Waals surface area contributed by atoms with Crippen LogP contribution in [0.5, 0.6) is 0 Å². The number of hydrogen-bond acceptors (Lipinski definition) is 5. The van der Waals surface area contributed by atoms with Gasteiger partial charge in [0.15, 0.2) is 5.03 Å². The topological polar surface area (TPSA) is 101 Å². The van der Waals surface area contributed by atoms with Gasteiger partial charge in [0, 0.05) is 6.54 Å². The van der Waals surface area contributed by atoms with Crippen molar-refractivity contribution < 1.29 is 22.3 Å². The predicted octanol–water partition coefficient (Wildman–Crippen LogP) is 1.25. The first-order chi connectivity index (χ1) is 11.0. The monoisotopic (exact) mass is 341 g/mol. The van der Waals surface area contributed by atoms with E-state index < -0.39 is 21.8 Å². The summed E-state index contributed by atoms with van der Waals surface area (Å²) in [6.07, 6.45) is 1.26. The van der Waals surface area contributed by atoms with E-state index in [0.717, 1.165) is 6.20 Å². The van der Waals surface area contributed by atoms with Gasteiger partial charge in [-0.05, 0) is 25.0 Å². The number of halogens is 1. The molecule has 2 N–H and O–H groups in total. The number of sulfonamides is 1. The third-order valence-electron chi connectivity index (χ3n) is 3.01. The van der Waals surface area contributed by atoms with E-state index in [1.54, 1.807) is 25.1 Å². The summed E-state index contributed by atoms with van der Waals surface area (Å²) >= 11 is 0. The fraction of sp³-hybridized carbons (Fsp3) is 0.286. The number of esters is 1. The molecule has 0 atom stereocenters. The largest absolute Gasteiger partial charge is 0.462 e. The van der Waals surface area contributed by atoms with Crippen LogP contribution >= 0.6 is 0 Å². The van der Waals surface area contributed by atoms with Crippen molar-refractivity contribution in [3.63, 3.8) is 0 Å². The molecule has 1 aromatic carbocycles. The lowest BCUT2D eigenvalue weighted by molar-refractivity contribution is 0.0522. The van der Waals surface area contributed by atoms with Crippen LogP contribution in [0.3, 0.4) is 0 Å². The Morgan fingerprint density at radius 3 is 2.83 bits per heavy atom. The summed E-state index contributed by atoms with van der Waals surface area (Å²) in [5, 5.41) is 5.47. The standard InChI is InChI=1S/C14H16FN3O4S/c1-2-22-14(19)11-9-16-18-13(11)23(20,21)17-8-7-10-5-3-4-6-12(10)15/h3-6,9,17H,2,7-8H2,1H3,(H,16,18). The Kier molecular flexibility index (Phi) is 5.45. The Morgan fingerprint density at radius 2 is 2.13 bits per heavy atom. The molecule has 0 radical (unpaired) electrons. The molecular weight excluding hydrogens is 325 g/mol. The minimum absolute atomic E-state index is 0.0233. The van der Waals surface area contributed by atoms with Gasteiger partial charge in [0.2, 0.25) is 0 Å². The lowest BCUT2D eigenvalue weighted by atomic mass is 10.1. The minimum Gasteiger partial charge on any atom is -0.462 e. The van der Waals surface area contributed by atoms with Crippen molar-refractivity contribution >= 4 is 16.0 Å². The Balaban J connectivity index is 2.07. The molecule has 0 amide bonds. The molecule has 23 heavy (non-hydrogen) atoms. The number of nitrogens with zero attached hydrogens (tertiary/aromatic N) is 1. The van der Waals surface area contributed by atoms with Crippen LogP contribution in [0.2, 0.25) is 0 Å². The summed E-state index contributed by atoms with van der Waals surface area (Å²) < 4.78 is 45.0. The van der Waals surface area contributed by atoms with E-state index in [4.69, 9.17) is 4.74 Å². The smallest absolute Gasteiger partial charge is 0.342 e. The summed E-state index contributed by atoms with van der Waals surface area (Å²) in [7, 11) is -3.99. The summed E-state index contributed by atoms with van der Waals surface area (Å²) in [6.45, 7) is 1.70. The Labute approximate surface area is 132 Å². The van der Waals surface area contributed by atoms with Crippen LogP contribution in [-0.2, 0) is 21.2 Å². The molecule has 0 aliphatic carbocycles. The molecule has 124 valence electrons. The van der Waals surface area contributed by atoms with Crippen molar-refractivity contribution in [3.05, 3.63) is 47.4 Å². The van der Waals surface area contributed by atoms with E-state index in [9.17, 15) is 17.6 Å². The first kappa shape index (κ1) is 17.1. The number of ether oxygens (including phenoxy) is 1. The zero-order valence-corrected chi connectivity index (χ0v) is 13.2. The molecule has 0 unspecified atom stereocenters. The van der Waals surface area contributed by atoms with Crippen LogP contribution < -0.4 is 4.72 Å². The van der Waals surface area contributed by atoms with E-state index in [-0.39, 0.29) is 30.2 Å². The highest BCUT2D eigenvalue weighted by Crippen LogP contribution is 2.13. The minimum atomic E-state index is -3.99. The van der Waals surface area contributed by atoms with Crippen LogP contribution in [0.4, 0.5) is 4.39 Å². The maximum Gasteiger partial charge on any atom is 0.342 e. The molecule has 0 bridgehead atoms. The van der Waals surface area contributed by atoms with Crippen molar-refractivity contribution in [3.8, 4) is 0 Å². The number of aromatic nitrogens is 2. The van der Waals surface area contributed by atoms with E-state index in [0.29, 0.717) is 5.56 Å². The van der Waals surface area contributed by atoms with E-state index in [1.165, 1.54) is 6.07 Å². The average molecular weight is 341 g/mol. The molecule has 0 fully saturated rings. The normalized spacial score (nSPS) is 11.4. The number of hydrogen-bond donors (Lipinski definition) is 2. The second-order valence-electron chi connectivity index (χ2n) is 4.57. The number of carbonyl (C=O) groups excluding carboxylic acids is 1. The van der Waals surface area contributed by atoms with E-state index in [1.807, 2.05) is 0 Å². The van der Waals surface area contributed by atoms with Crippen LogP contribution in [-0.4, -0.2) is 37.7 Å². The van der Waals surface area contributed by atoms with E-state index in [2.05, 4.69) is 14.9 Å². The van der Waals surface area contributed by atoms with Crippen LogP contribution in [0.15, 0.2) is 35.5 Å². The molecule has 1 aromatic heterocycles. The van der Waals surface area contributed by atoms with Crippen molar-refractivity contribution in [1.29, 1.82) is 0 Å². The number of rotatable bonds is 7. The second-order valence-corrected chi connectivity index (χ2v) is 6.28. The summed E-state index contributed by atoms with van der Waals surface area (Å²) in [5.41, 5.74) is 0.218. The lowest BCUT2D eigenvalue weighted by Crippen LogP contribution is -2.28. The Hall–Kier alpha value is -2.26. The summed E-state index contributed by atoms with van der Waals surface area (Å²) in [4.78, 5) is 11.7. The van der Waals surface area contributed by atoms with Gasteiger partial charge in [-0.1, -0.05) is 18.2 Å². The predicted molar refractivity (Wildman–Crippen MR) is 79.8 cm³/mol. The first-order valence-electron chi connectivity index (χ1n) is 6.89. The van der Waals surface area contributed by atoms with Gasteiger partial charge in [0.25, 0.3) is 10.0 Å². The van der Waals surface area contributed by atoms with Crippen molar-refractivity contribution in [1.82, 2.24) is 14.9 Å². The van der Waals surface area contributed by atoms with Gasteiger partial charge in [-0.2, -0.15) is 5.10 Å². The quantitative estimate of drug-likeness (QED) is 0.738. The highest BCUT2D eigenvalue weighted by molar-refractivity contribution is 7.89.